The summed E-state index contributed by atoms with van der Waals surface area (Å²) in [4.78, 5) is 15.1. The zero-order valence-electron chi connectivity index (χ0n) is 26.1. The highest BCUT2D eigenvalue weighted by Gasteiger charge is 2.15. The molecule has 224 valence electrons. The van der Waals surface area contributed by atoms with E-state index in [1.165, 1.54) is 21.9 Å². The largest absolute Gasteiger partial charge is 0.256 e. The summed E-state index contributed by atoms with van der Waals surface area (Å²) in [6.45, 7) is 0. The topological polar surface area (TPSA) is 38.7 Å². The van der Waals surface area contributed by atoms with Crippen molar-refractivity contribution in [1.29, 1.82) is 0 Å². The van der Waals surface area contributed by atoms with Crippen LogP contribution in [0, 0.1) is 0 Å². The summed E-state index contributed by atoms with van der Waals surface area (Å²) >= 11 is 0. The number of nitrogens with zero attached hydrogens (tertiary/aromatic N) is 3. The monoisotopic (exact) mass is 611 g/mol. The summed E-state index contributed by atoms with van der Waals surface area (Å²) in [6.07, 6.45) is 1.96. The van der Waals surface area contributed by atoms with Crippen LogP contribution in [0.2, 0.25) is 0 Å². The van der Waals surface area contributed by atoms with Gasteiger partial charge in [0, 0.05) is 28.1 Å². The minimum atomic E-state index is 0.871. The normalized spacial score (nSPS) is 11.3. The molecule has 9 aromatic rings. The first kappa shape index (κ1) is 27.8. The molecule has 0 aliphatic carbocycles. The molecule has 0 spiro atoms. The smallest absolute Gasteiger partial charge is 0.0973 e. The Morgan fingerprint density at radius 3 is 1.52 bits per heavy atom. The summed E-state index contributed by atoms with van der Waals surface area (Å²) in [5.74, 6) is 0. The molecule has 0 fully saturated rings. The Morgan fingerprint density at radius 1 is 0.292 bits per heavy atom. The Bertz CT molecular complexity index is 2590. The van der Waals surface area contributed by atoms with Gasteiger partial charge in [0.05, 0.1) is 27.9 Å². The van der Waals surface area contributed by atoms with Crippen molar-refractivity contribution in [3.05, 3.63) is 176 Å². The lowest BCUT2D eigenvalue weighted by atomic mass is 9.96. The van der Waals surface area contributed by atoms with E-state index in [0.29, 0.717) is 0 Å². The van der Waals surface area contributed by atoms with E-state index in [2.05, 4.69) is 140 Å². The SMILES string of the molecule is c1ccc(-c2ccc(-c3nc4ccccc4nc3-c3cccc(-c4ccc(-c5ccc6c(c5)ncc5ccccc56)cc4)c3)cc2)cc1. The van der Waals surface area contributed by atoms with Crippen LogP contribution in [0.25, 0.3) is 88.6 Å². The van der Waals surface area contributed by atoms with Crippen LogP contribution >= 0.6 is 0 Å². The van der Waals surface area contributed by atoms with Gasteiger partial charge in [0.15, 0.2) is 0 Å². The molecule has 0 unspecified atom stereocenters. The van der Waals surface area contributed by atoms with Gasteiger partial charge in [0.1, 0.15) is 0 Å². The van der Waals surface area contributed by atoms with Crippen molar-refractivity contribution < 1.29 is 0 Å². The molecule has 0 amide bonds. The van der Waals surface area contributed by atoms with Gasteiger partial charge in [0.25, 0.3) is 0 Å². The van der Waals surface area contributed by atoms with Gasteiger partial charge in [0.2, 0.25) is 0 Å². The second-order valence-electron chi connectivity index (χ2n) is 12.1. The van der Waals surface area contributed by atoms with Gasteiger partial charge < -0.3 is 0 Å². The van der Waals surface area contributed by atoms with Gasteiger partial charge in [-0.3, -0.25) is 4.98 Å². The molecule has 3 nitrogen and oxygen atoms in total. The maximum absolute atomic E-state index is 5.17. The Balaban J connectivity index is 1.07. The maximum atomic E-state index is 5.17. The first-order valence-electron chi connectivity index (χ1n) is 16.2. The molecule has 48 heavy (non-hydrogen) atoms. The highest BCUT2D eigenvalue weighted by Crippen LogP contribution is 2.35. The molecule has 0 bridgehead atoms. The third kappa shape index (κ3) is 5.08. The molecule has 0 aliphatic heterocycles. The van der Waals surface area contributed by atoms with Crippen LogP contribution in [0.1, 0.15) is 0 Å². The minimum Gasteiger partial charge on any atom is -0.256 e. The van der Waals surface area contributed by atoms with Crippen LogP contribution in [0.5, 0.6) is 0 Å². The van der Waals surface area contributed by atoms with Gasteiger partial charge in [-0.1, -0.05) is 146 Å². The number of benzene rings is 7. The molecule has 0 saturated heterocycles. The fourth-order valence-electron chi connectivity index (χ4n) is 6.59. The molecule has 0 radical (unpaired) electrons. The quantitative estimate of drug-likeness (QED) is 0.182. The zero-order chi connectivity index (χ0) is 31.9. The molecular weight excluding hydrogens is 583 g/mol. The molecule has 0 N–H and O–H groups in total. The van der Waals surface area contributed by atoms with Crippen LogP contribution < -0.4 is 0 Å². The van der Waals surface area contributed by atoms with Crippen molar-refractivity contribution in [2.45, 2.75) is 0 Å². The predicted octanol–water partition coefficient (Wildman–Crippen LogP) is 11.7. The molecule has 9 rings (SSSR count). The third-order valence-electron chi connectivity index (χ3n) is 9.11. The minimum absolute atomic E-state index is 0.871. The molecule has 2 aromatic heterocycles. The number of rotatable bonds is 5. The summed E-state index contributed by atoms with van der Waals surface area (Å²) in [6, 6.07) is 59.5. The second-order valence-corrected chi connectivity index (χ2v) is 12.1. The lowest BCUT2D eigenvalue weighted by Crippen LogP contribution is -1.96. The average Bonchev–Trinajstić information content (AvgIpc) is 3.17. The van der Waals surface area contributed by atoms with E-state index in [0.717, 1.165) is 66.7 Å². The van der Waals surface area contributed by atoms with Crippen LogP contribution in [-0.4, -0.2) is 15.0 Å². The number of para-hydroxylation sites is 2. The first-order chi connectivity index (χ1) is 23.8. The van der Waals surface area contributed by atoms with Crippen molar-refractivity contribution >= 4 is 32.7 Å². The predicted molar refractivity (Wildman–Crippen MR) is 200 cm³/mol. The van der Waals surface area contributed by atoms with Gasteiger partial charge in [-0.05, 0) is 63.0 Å². The van der Waals surface area contributed by atoms with E-state index < -0.39 is 0 Å². The summed E-state index contributed by atoms with van der Waals surface area (Å²) < 4.78 is 0. The van der Waals surface area contributed by atoms with E-state index in [-0.39, 0.29) is 0 Å². The van der Waals surface area contributed by atoms with Crippen molar-refractivity contribution in [2.75, 3.05) is 0 Å². The Kier molecular flexibility index (Phi) is 6.80. The fraction of sp³-hybridized carbons (Fsp3) is 0. The van der Waals surface area contributed by atoms with Crippen LogP contribution in [0.3, 0.4) is 0 Å². The maximum Gasteiger partial charge on any atom is 0.0973 e. The molecule has 0 saturated carbocycles. The molecule has 3 heteroatoms. The fourth-order valence-corrected chi connectivity index (χ4v) is 6.59. The number of pyridine rings is 1. The number of fused-ring (bicyclic) bond motifs is 4. The van der Waals surface area contributed by atoms with Crippen LogP contribution in [0.15, 0.2) is 176 Å². The van der Waals surface area contributed by atoms with E-state index in [9.17, 15) is 0 Å². The molecular formula is C45H29N3. The lowest BCUT2D eigenvalue weighted by molar-refractivity contribution is 1.29. The van der Waals surface area contributed by atoms with Gasteiger partial charge in [-0.2, -0.15) is 0 Å². The Hall–Kier alpha value is -6.45. The highest BCUT2D eigenvalue weighted by molar-refractivity contribution is 6.06. The van der Waals surface area contributed by atoms with Gasteiger partial charge >= 0.3 is 0 Å². The molecule has 2 heterocycles. The van der Waals surface area contributed by atoms with E-state index in [1.807, 2.05) is 36.5 Å². The van der Waals surface area contributed by atoms with E-state index >= 15 is 0 Å². The van der Waals surface area contributed by atoms with Gasteiger partial charge in [-0.25, -0.2) is 9.97 Å². The highest BCUT2D eigenvalue weighted by atomic mass is 14.8. The standard InChI is InChI=1S/C45H29N3/c1-2-9-30(10-3-1)31-21-23-34(24-22-31)44-45(48-42-16-7-6-15-41(42)47-44)37-13-8-12-35(27-37)32-17-19-33(20-18-32)36-25-26-40-39-14-5-4-11-38(39)29-46-43(40)28-36/h1-29H. The number of aromatic nitrogens is 3. The van der Waals surface area contributed by atoms with Crippen molar-refractivity contribution in [2.24, 2.45) is 0 Å². The van der Waals surface area contributed by atoms with Gasteiger partial charge in [-0.15, -0.1) is 0 Å². The summed E-state index contributed by atoms with van der Waals surface area (Å²) in [5, 5.41) is 3.56. The van der Waals surface area contributed by atoms with E-state index in [1.54, 1.807) is 0 Å². The summed E-state index contributed by atoms with van der Waals surface area (Å²) in [5.41, 5.74) is 13.5. The molecule has 0 atom stereocenters. The first-order valence-corrected chi connectivity index (χ1v) is 16.2. The van der Waals surface area contributed by atoms with Crippen molar-refractivity contribution in [3.8, 4) is 55.9 Å². The zero-order valence-corrected chi connectivity index (χ0v) is 26.1. The van der Waals surface area contributed by atoms with Crippen molar-refractivity contribution in [1.82, 2.24) is 15.0 Å². The van der Waals surface area contributed by atoms with Crippen LogP contribution in [0.4, 0.5) is 0 Å². The Morgan fingerprint density at radius 2 is 0.792 bits per heavy atom. The summed E-state index contributed by atoms with van der Waals surface area (Å²) in [7, 11) is 0. The number of hydrogen-bond acceptors (Lipinski definition) is 3. The molecule has 7 aromatic carbocycles. The average molecular weight is 612 g/mol. The number of hydrogen-bond donors (Lipinski definition) is 0. The van der Waals surface area contributed by atoms with Crippen LogP contribution in [-0.2, 0) is 0 Å². The van der Waals surface area contributed by atoms with Crippen molar-refractivity contribution in [3.63, 3.8) is 0 Å². The lowest BCUT2D eigenvalue weighted by Gasteiger charge is -2.13. The Labute approximate surface area is 278 Å². The van der Waals surface area contributed by atoms with E-state index in [4.69, 9.17) is 15.0 Å². The molecule has 0 aliphatic rings. The third-order valence-corrected chi connectivity index (χ3v) is 9.11. The second kappa shape index (κ2) is 11.7.